The van der Waals surface area contributed by atoms with Crippen molar-refractivity contribution in [2.24, 2.45) is 0 Å². The lowest BCUT2D eigenvalue weighted by molar-refractivity contribution is -0.146. The Hall–Kier alpha value is -0.570. The number of hydrogen-bond donors (Lipinski definition) is 2. The van der Waals surface area contributed by atoms with Crippen molar-refractivity contribution < 1.29 is 9.90 Å². The summed E-state index contributed by atoms with van der Waals surface area (Å²) in [5, 5.41) is 12.6. The number of carbonyl (C=O) groups is 1. The molecule has 0 saturated heterocycles. The highest BCUT2D eigenvalue weighted by molar-refractivity contribution is 5.78. The molecule has 1 aliphatic carbocycles. The third-order valence-electron chi connectivity index (χ3n) is 3.61. The second-order valence-electron chi connectivity index (χ2n) is 4.94. The van der Waals surface area contributed by atoms with Crippen molar-refractivity contribution in [1.82, 2.24) is 5.32 Å². The highest BCUT2D eigenvalue weighted by Gasteiger charge is 2.38. The summed E-state index contributed by atoms with van der Waals surface area (Å²) >= 11 is 0. The molecule has 0 heterocycles. The summed E-state index contributed by atoms with van der Waals surface area (Å²) in [5.41, 5.74) is -0.607. The molecule has 1 saturated carbocycles. The van der Waals surface area contributed by atoms with Gasteiger partial charge in [0.25, 0.3) is 0 Å². The van der Waals surface area contributed by atoms with Crippen LogP contribution in [0.1, 0.15) is 64.7 Å². The quantitative estimate of drug-likeness (QED) is 0.657. The zero-order valence-electron chi connectivity index (χ0n) is 10.4. The molecule has 1 aliphatic rings. The van der Waals surface area contributed by atoms with Crippen LogP contribution in [0.25, 0.3) is 0 Å². The number of aliphatic carboxylic acids is 1. The van der Waals surface area contributed by atoms with E-state index in [9.17, 15) is 9.90 Å². The lowest BCUT2D eigenvalue weighted by Crippen LogP contribution is -2.53. The Labute approximate surface area is 98.6 Å². The minimum Gasteiger partial charge on any atom is -0.480 e. The fourth-order valence-electron chi connectivity index (χ4n) is 2.50. The number of unbranched alkanes of at least 4 members (excludes halogenated alkanes) is 3. The van der Waals surface area contributed by atoms with E-state index in [-0.39, 0.29) is 0 Å². The van der Waals surface area contributed by atoms with Gasteiger partial charge in [0.05, 0.1) is 0 Å². The molecule has 2 N–H and O–H groups in total. The molecule has 0 bridgehead atoms. The first kappa shape index (κ1) is 13.5. The molecule has 1 rings (SSSR count). The Morgan fingerprint density at radius 2 is 1.88 bits per heavy atom. The monoisotopic (exact) mass is 227 g/mol. The lowest BCUT2D eigenvalue weighted by Gasteiger charge is -2.34. The second kappa shape index (κ2) is 6.89. The SMILES string of the molecule is CCCCCCNC1(C(=O)O)CCCCC1. The molecule has 3 nitrogen and oxygen atoms in total. The first-order valence-electron chi connectivity index (χ1n) is 6.70. The molecule has 16 heavy (non-hydrogen) atoms. The zero-order chi connectivity index (χ0) is 11.9. The van der Waals surface area contributed by atoms with Gasteiger partial charge in [-0.15, -0.1) is 0 Å². The van der Waals surface area contributed by atoms with Crippen LogP contribution < -0.4 is 5.32 Å². The number of carboxylic acid groups (broad SMARTS) is 1. The van der Waals surface area contributed by atoms with E-state index in [0.29, 0.717) is 0 Å². The van der Waals surface area contributed by atoms with Crippen molar-refractivity contribution >= 4 is 5.97 Å². The lowest BCUT2D eigenvalue weighted by atomic mass is 9.81. The minimum atomic E-state index is -0.650. The van der Waals surface area contributed by atoms with Crippen LogP contribution >= 0.6 is 0 Å². The van der Waals surface area contributed by atoms with E-state index in [1.807, 2.05) is 0 Å². The van der Waals surface area contributed by atoms with Gasteiger partial charge in [-0.1, -0.05) is 45.4 Å². The van der Waals surface area contributed by atoms with Gasteiger partial charge in [-0.3, -0.25) is 4.79 Å². The maximum Gasteiger partial charge on any atom is 0.323 e. The van der Waals surface area contributed by atoms with E-state index in [2.05, 4.69) is 12.2 Å². The van der Waals surface area contributed by atoms with Gasteiger partial charge in [0.1, 0.15) is 5.54 Å². The van der Waals surface area contributed by atoms with Crippen LogP contribution in [0.4, 0.5) is 0 Å². The molecule has 3 heteroatoms. The summed E-state index contributed by atoms with van der Waals surface area (Å²) < 4.78 is 0. The van der Waals surface area contributed by atoms with Crippen molar-refractivity contribution in [3.8, 4) is 0 Å². The van der Waals surface area contributed by atoms with E-state index >= 15 is 0 Å². The Morgan fingerprint density at radius 3 is 2.44 bits per heavy atom. The average molecular weight is 227 g/mol. The normalized spacial score (nSPS) is 19.6. The highest BCUT2D eigenvalue weighted by atomic mass is 16.4. The van der Waals surface area contributed by atoms with Gasteiger partial charge in [-0.05, 0) is 25.8 Å². The number of rotatable bonds is 7. The summed E-state index contributed by atoms with van der Waals surface area (Å²) in [6.45, 7) is 3.04. The fourth-order valence-corrected chi connectivity index (χ4v) is 2.50. The van der Waals surface area contributed by atoms with E-state index in [1.54, 1.807) is 0 Å². The predicted molar refractivity (Wildman–Crippen MR) is 65.6 cm³/mol. The van der Waals surface area contributed by atoms with Gasteiger partial charge in [0.15, 0.2) is 0 Å². The first-order valence-corrected chi connectivity index (χ1v) is 6.70. The molecule has 94 valence electrons. The maximum absolute atomic E-state index is 11.3. The van der Waals surface area contributed by atoms with E-state index < -0.39 is 11.5 Å². The Morgan fingerprint density at radius 1 is 1.19 bits per heavy atom. The van der Waals surface area contributed by atoms with Crippen LogP contribution in [0.15, 0.2) is 0 Å². The van der Waals surface area contributed by atoms with Gasteiger partial charge in [0.2, 0.25) is 0 Å². The molecule has 0 atom stereocenters. The summed E-state index contributed by atoms with van der Waals surface area (Å²) in [4.78, 5) is 11.3. The summed E-state index contributed by atoms with van der Waals surface area (Å²) in [7, 11) is 0. The summed E-state index contributed by atoms with van der Waals surface area (Å²) in [6, 6.07) is 0. The molecular formula is C13H25NO2. The molecule has 1 fully saturated rings. The summed E-state index contributed by atoms with van der Waals surface area (Å²) in [5.74, 6) is -0.650. The molecule has 0 aliphatic heterocycles. The van der Waals surface area contributed by atoms with Crippen molar-refractivity contribution in [2.75, 3.05) is 6.54 Å². The average Bonchev–Trinajstić information content (AvgIpc) is 2.30. The van der Waals surface area contributed by atoms with E-state index in [4.69, 9.17) is 0 Å². The fraction of sp³-hybridized carbons (Fsp3) is 0.923. The zero-order valence-corrected chi connectivity index (χ0v) is 10.4. The Balaban J connectivity index is 2.30. The highest BCUT2D eigenvalue weighted by Crippen LogP contribution is 2.28. The van der Waals surface area contributed by atoms with Gasteiger partial charge < -0.3 is 10.4 Å². The molecular weight excluding hydrogens is 202 g/mol. The molecule has 0 aromatic carbocycles. The molecule has 0 radical (unpaired) electrons. The van der Waals surface area contributed by atoms with E-state index in [1.165, 1.54) is 25.7 Å². The van der Waals surface area contributed by atoms with Crippen LogP contribution in [0.3, 0.4) is 0 Å². The molecule has 0 aromatic rings. The minimum absolute atomic E-state index is 0.607. The van der Waals surface area contributed by atoms with Crippen LogP contribution in [0, 0.1) is 0 Å². The predicted octanol–water partition coefficient (Wildman–Crippen LogP) is 2.94. The third-order valence-corrected chi connectivity index (χ3v) is 3.61. The van der Waals surface area contributed by atoms with Crippen LogP contribution in [-0.4, -0.2) is 23.2 Å². The molecule has 0 amide bonds. The van der Waals surface area contributed by atoms with Crippen LogP contribution in [0.2, 0.25) is 0 Å². The third kappa shape index (κ3) is 3.78. The molecule has 0 spiro atoms. The van der Waals surface area contributed by atoms with Crippen molar-refractivity contribution in [3.63, 3.8) is 0 Å². The summed E-state index contributed by atoms with van der Waals surface area (Å²) in [6.07, 6.45) is 9.68. The van der Waals surface area contributed by atoms with Crippen LogP contribution in [0.5, 0.6) is 0 Å². The second-order valence-corrected chi connectivity index (χ2v) is 4.94. The number of hydrogen-bond acceptors (Lipinski definition) is 2. The van der Waals surface area contributed by atoms with Crippen LogP contribution in [-0.2, 0) is 4.79 Å². The maximum atomic E-state index is 11.3. The number of nitrogens with one attached hydrogen (secondary N) is 1. The largest absolute Gasteiger partial charge is 0.480 e. The standard InChI is InChI=1S/C13H25NO2/c1-2-3-4-8-11-14-13(12(15)16)9-6-5-7-10-13/h14H,2-11H2,1H3,(H,15,16). The van der Waals surface area contributed by atoms with Gasteiger partial charge in [-0.25, -0.2) is 0 Å². The van der Waals surface area contributed by atoms with Gasteiger partial charge in [-0.2, -0.15) is 0 Å². The van der Waals surface area contributed by atoms with Gasteiger partial charge >= 0.3 is 5.97 Å². The van der Waals surface area contributed by atoms with E-state index in [0.717, 1.165) is 38.6 Å². The number of carboxylic acids is 1. The Kier molecular flexibility index (Phi) is 5.81. The molecule has 0 aromatic heterocycles. The van der Waals surface area contributed by atoms with Crippen molar-refractivity contribution in [2.45, 2.75) is 70.3 Å². The van der Waals surface area contributed by atoms with Gasteiger partial charge in [0, 0.05) is 0 Å². The molecule has 0 unspecified atom stereocenters. The van der Waals surface area contributed by atoms with Crippen molar-refractivity contribution in [1.29, 1.82) is 0 Å². The topological polar surface area (TPSA) is 49.3 Å². The van der Waals surface area contributed by atoms with Crippen molar-refractivity contribution in [3.05, 3.63) is 0 Å². The smallest absolute Gasteiger partial charge is 0.323 e. The first-order chi connectivity index (χ1) is 7.71. The Bertz CT molecular complexity index is 210.